The molecule has 1 aliphatic carbocycles. The quantitative estimate of drug-likeness (QED) is 0.802. The fourth-order valence-electron chi connectivity index (χ4n) is 2.59. The summed E-state index contributed by atoms with van der Waals surface area (Å²) in [5, 5.41) is 4.16. The molecule has 1 aromatic heterocycles. The van der Waals surface area contributed by atoms with E-state index in [1.165, 1.54) is 32.1 Å². The van der Waals surface area contributed by atoms with Gasteiger partial charge in [0.1, 0.15) is 5.15 Å². The molecule has 1 N–H and O–H groups in total. The van der Waals surface area contributed by atoms with Crippen LogP contribution in [0.1, 0.15) is 39.0 Å². The highest BCUT2D eigenvalue weighted by molar-refractivity contribution is 6.29. The number of hydrogen-bond donors (Lipinski definition) is 1. The van der Waals surface area contributed by atoms with Crippen LogP contribution in [-0.2, 0) is 0 Å². The van der Waals surface area contributed by atoms with Gasteiger partial charge in [-0.2, -0.15) is 0 Å². The molecule has 2 rings (SSSR count). The highest BCUT2D eigenvalue weighted by Gasteiger charge is 2.23. The zero-order valence-electron chi connectivity index (χ0n) is 9.75. The summed E-state index contributed by atoms with van der Waals surface area (Å²) in [5.41, 5.74) is 1.10. The molecule has 0 amide bonds. The Labute approximate surface area is 102 Å². The molecule has 1 heterocycles. The van der Waals surface area contributed by atoms with Crippen LogP contribution in [0.2, 0.25) is 5.15 Å². The molecule has 2 atom stereocenters. The monoisotopic (exact) mass is 238 g/mol. The Bertz CT molecular complexity index is 340. The molecule has 0 radical (unpaired) electrons. The summed E-state index contributed by atoms with van der Waals surface area (Å²) in [6.07, 6.45) is 8.37. The first kappa shape index (κ1) is 11.7. The van der Waals surface area contributed by atoms with Gasteiger partial charge >= 0.3 is 0 Å². The number of nitrogens with zero attached hydrogens (tertiary/aromatic N) is 1. The topological polar surface area (TPSA) is 24.9 Å². The van der Waals surface area contributed by atoms with E-state index >= 15 is 0 Å². The third-order valence-electron chi connectivity index (χ3n) is 3.51. The van der Waals surface area contributed by atoms with Gasteiger partial charge in [-0.1, -0.05) is 37.8 Å². The second-order valence-electron chi connectivity index (χ2n) is 4.57. The van der Waals surface area contributed by atoms with Crippen LogP contribution < -0.4 is 5.32 Å². The van der Waals surface area contributed by atoms with Gasteiger partial charge < -0.3 is 5.32 Å². The number of aromatic nitrogens is 1. The standard InChI is InChI=1S/C13H19ClN2/c1-2-10-5-3-4-6-12(10)16-11-7-8-15-13(14)9-11/h7-10,12H,2-6H2,1H3,(H,15,16). The van der Waals surface area contributed by atoms with E-state index in [1.54, 1.807) is 6.20 Å². The second kappa shape index (κ2) is 5.53. The van der Waals surface area contributed by atoms with E-state index in [1.807, 2.05) is 12.1 Å². The molecule has 0 aliphatic heterocycles. The maximum Gasteiger partial charge on any atom is 0.131 e. The first-order valence-electron chi connectivity index (χ1n) is 6.17. The minimum atomic E-state index is 0.564. The van der Waals surface area contributed by atoms with Gasteiger partial charge in [-0.15, -0.1) is 0 Å². The maximum absolute atomic E-state index is 5.88. The molecule has 16 heavy (non-hydrogen) atoms. The van der Waals surface area contributed by atoms with Gasteiger partial charge in [-0.05, 0) is 30.9 Å². The van der Waals surface area contributed by atoms with E-state index in [2.05, 4.69) is 17.2 Å². The predicted octanol–water partition coefficient (Wildman–Crippen LogP) is 4.12. The molecule has 2 nitrogen and oxygen atoms in total. The number of hydrogen-bond acceptors (Lipinski definition) is 2. The molecule has 88 valence electrons. The summed E-state index contributed by atoms with van der Waals surface area (Å²) >= 11 is 5.88. The van der Waals surface area contributed by atoms with E-state index in [0.29, 0.717) is 11.2 Å². The van der Waals surface area contributed by atoms with Crippen LogP contribution in [-0.4, -0.2) is 11.0 Å². The van der Waals surface area contributed by atoms with Crippen molar-refractivity contribution < 1.29 is 0 Å². The Morgan fingerprint density at radius 2 is 2.25 bits per heavy atom. The minimum Gasteiger partial charge on any atom is -0.382 e. The zero-order valence-corrected chi connectivity index (χ0v) is 10.5. The van der Waals surface area contributed by atoms with Gasteiger partial charge in [-0.25, -0.2) is 4.98 Å². The van der Waals surface area contributed by atoms with Crippen LogP contribution in [0.25, 0.3) is 0 Å². The molecule has 0 bridgehead atoms. The number of pyridine rings is 1. The van der Waals surface area contributed by atoms with E-state index in [9.17, 15) is 0 Å². The zero-order chi connectivity index (χ0) is 11.4. The van der Waals surface area contributed by atoms with Crippen molar-refractivity contribution in [1.29, 1.82) is 0 Å². The fourth-order valence-corrected chi connectivity index (χ4v) is 2.77. The Morgan fingerprint density at radius 1 is 1.44 bits per heavy atom. The molecule has 0 spiro atoms. The van der Waals surface area contributed by atoms with Gasteiger partial charge in [0, 0.05) is 17.9 Å². The Hall–Kier alpha value is -0.760. The van der Waals surface area contributed by atoms with Crippen molar-refractivity contribution in [3.05, 3.63) is 23.5 Å². The third-order valence-corrected chi connectivity index (χ3v) is 3.72. The lowest BCUT2D eigenvalue weighted by Crippen LogP contribution is -2.31. The Morgan fingerprint density at radius 3 is 3.00 bits per heavy atom. The summed E-state index contributed by atoms with van der Waals surface area (Å²) in [7, 11) is 0. The van der Waals surface area contributed by atoms with Crippen molar-refractivity contribution in [2.45, 2.75) is 45.1 Å². The van der Waals surface area contributed by atoms with Crippen molar-refractivity contribution in [3.63, 3.8) is 0 Å². The lowest BCUT2D eigenvalue weighted by Gasteiger charge is -2.32. The minimum absolute atomic E-state index is 0.564. The third kappa shape index (κ3) is 2.88. The molecule has 0 saturated heterocycles. The van der Waals surface area contributed by atoms with Gasteiger partial charge in [0.05, 0.1) is 0 Å². The smallest absolute Gasteiger partial charge is 0.131 e. The van der Waals surface area contributed by atoms with Crippen molar-refractivity contribution >= 4 is 17.3 Å². The van der Waals surface area contributed by atoms with Gasteiger partial charge in [0.25, 0.3) is 0 Å². The highest BCUT2D eigenvalue weighted by Crippen LogP contribution is 2.29. The number of halogens is 1. The predicted molar refractivity (Wildman–Crippen MR) is 68.9 cm³/mol. The maximum atomic E-state index is 5.88. The summed E-state index contributed by atoms with van der Waals surface area (Å²) in [4.78, 5) is 4.00. The molecule has 0 aromatic carbocycles. The van der Waals surface area contributed by atoms with Gasteiger partial charge in [0.2, 0.25) is 0 Å². The lowest BCUT2D eigenvalue weighted by molar-refractivity contribution is 0.317. The molecule has 3 heteroatoms. The van der Waals surface area contributed by atoms with Crippen molar-refractivity contribution in [2.24, 2.45) is 5.92 Å². The van der Waals surface area contributed by atoms with Gasteiger partial charge in [0.15, 0.2) is 0 Å². The molecule has 1 aromatic rings. The van der Waals surface area contributed by atoms with Crippen LogP contribution >= 0.6 is 11.6 Å². The number of rotatable bonds is 3. The lowest BCUT2D eigenvalue weighted by atomic mass is 9.83. The molecule has 1 aliphatic rings. The SMILES string of the molecule is CCC1CCCCC1Nc1ccnc(Cl)c1. The largest absolute Gasteiger partial charge is 0.382 e. The fraction of sp³-hybridized carbons (Fsp3) is 0.615. The molecule has 1 fully saturated rings. The summed E-state index contributed by atoms with van der Waals surface area (Å²) in [6, 6.07) is 4.51. The number of anilines is 1. The van der Waals surface area contributed by atoms with E-state index < -0.39 is 0 Å². The average molecular weight is 239 g/mol. The average Bonchev–Trinajstić information content (AvgIpc) is 2.30. The van der Waals surface area contributed by atoms with Crippen molar-refractivity contribution in [3.8, 4) is 0 Å². The Balaban J connectivity index is 2.02. The highest BCUT2D eigenvalue weighted by atomic mass is 35.5. The Kier molecular flexibility index (Phi) is 4.05. The van der Waals surface area contributed by atoms with E-state index in [0.717, 1.165) is 11.6 Å². The van der Waals surface area contributed by atoms with Gasteiger partial charge in [-0.3, -0.25) is 0 Å². The van der Waals surface area contributed by atoms with Crippen LogP contribution in [0.3, 0.4) is 0 Å². The summed E-state index contributed by atoms with van der Waals surface area (Å²) < 4.78 is 0. The van der Waals surface area contributed by atoms with Crippen LogP contribution in [0.4, 0.5) is 5.69 Å². The number of nitrogens with one attached hydrogen (secondary N) is 1. The van der Waals surface area contributed by atoms with Crippen molar-refractivity contribution in [2.75, 3.05) is 5.32 Å². The summed E-state index contributed by atoms with van der Waals surface area (Å²) in [5.74, 6) is 0.806. The van der Waals surface area contributed by atoms with E-state index in [4.69, 9.17) is 11.6 Å². The van der Waals surface area contributed by atoms with Crippen molar-refractivity contribution in [1.82, 2.24) is 4.98 Å². The van der Waals surface area contributed by atoms with Crippen LogP contribution in [0, 0.1) is 5.92 Å². The molecular weight excluding hydrogens is 220 g/mol. The normalized spacial score (nSPS) is 25.4. The van der Waals surface area contributed by atoms with E-state index in [-0.39, 0.29) is 0 Å². The first-order chi connectivity index (χ1) is 7.79. The summed E-state index contributed by atoms with van der Waals surface area (Å²) in [6.45, 7) is 2.28. The molecular formula is C13H19ClN2. The van der Waals surface area contributed by atoms with Crippen LogP contribution in [0.5, 0.6) is 0 Å². The molecule has 1 saturated carbocycles. The van der Waals surface area contributed by atoms with Crippen LogP contribution in [0.15, 0.2) is 18.3 Å². The first-order valence-corrected chi connectivity index (χ1v) is 6.55. The molecule has 2 unspecified atom stereocenters. The second-order valence-corrected chi connectivity index (χ2v) is 4.96.